The van der Waals surface area contributed by atoms with E-state index in [1.54, 1.807) is 6.42 Å². The molecule has 3 fully saturated rings. The molecule has 0 aliphatic heterocycles. The monoisotopic (exact) mass is 346 g/mol. The molecule has 0 aromatic rings. The van der Waals surface area contributed by atoms with Gasteiger partial charge in [0.1, 0.15) is 0 Å². The Kier molecular flexibility index (Phi) is 5.18. The molecular weight excluding hydrogens is 300 g/mol. The average Bonchev–Trinajstić information content (AvgIpc) is 3.42. The largest absolute Gasteiger partial charge is 0.0654 e. The molecule has 0 saturated heterocycles. The Labute approximate surface area is 158 Å². The van der Waals surface area contributed by atoms with Crippen LogP contribution < -0.4 is 0 Å². The van der Waals surface area contributed by atoms with Gasteiger partial charge < -0.3 is 0 Å². The minimum absolute atomic E-state index is 0.541. The maximum atomic E-state index is 2.70. The fourth-order valence-corrected chi connectivity index (χ4v) is 8.76. The summed E-state index contributed by atoms with van der Waals surface area (Å²) in [6.45, 7) is 22.8. The van der Waals surface area contributed by atoms with Crippen molar-refractivity contribution in [2.75, 3.05) is 0 Å². The minimum Gasteiger partial charge on any atom is -0.0654 e. The van der Waals surface area contributed by atoms with E-state index >= 15 is 0 Å². The van der Waals surface area contributed by atoms with Gasteiger partial charge in [0.05, 0.1) is 0 Å². The smallest absolute Gasteiger partial charge is 0.0187 e. The molecule has 0 radical (unpaired) electrons. The normalized spacial score (nSPS) is 51.7. The highest BCUT2D eigenvalue weighted by Crippen LogP contribution is 2.80. The van der Waals surface area contributed by atoms with Gasteiger partial charge in [-0.1, -0.05) is 81.6 Å². The Hall–Kier alpha value is 0. The highest BCUT2D eigenvalue weighted by molar-refractivity contribution is 5.22. The fraction of sp³-hybridized carbons (Fsp3) is 1.00. The van der Waals surface area contributed by atoms with Crippen molar-refractivity contribution in [3.05, 3.63) is 0 Å². The Morgan fingerprint density at radius 1 is 0.920 bits per heavy atom. The lowest BCUT2D eigenvalue weighted by Crippen LogP contribution is -2.68. The minimum atomic E-state index is 0.541. The van der Waals surface area contributed by atoms with Gasteiger partial charge in [-0.25, -0.2) is 0 Å². The second kappa shape index (κ2) is 6.56. The van der Waals surface area contributed by atoms with Gasteiger partial charge in [-0.05, 0) is 76.9 Å². The lowest BCUT2D eigenvalue weighted by atomic mass is 9.31. The summed E-state index contributed by atoms with van der Waals surface area (Å²) in [6.07, 6.45) is 7.23. The van der Waals surface area contributed by atoms with Crippen LogP contribution in [0.5, 0.6) is 0 Å². The lowest BCUT2D eigenvalue weighted by Gasteiger charge is -2.73. The van der Waals surface area contributed by atoms with E-state index in [9.17, 15) is 0 Å². The van der Waals surface area contributed by atoms with Crippen LogP contribution in [0.15, 0.2) is 0 Å². The van der Waals surface area contributed by atoms with Crippen molar-refractivity contribution >= 4 is 0 Å². The van der Waals surface area contributed by atoms with Crippen molar-refractivity contribution in [1.29, 1.82) is 0 Å². The summed E-state index contributed by atoms with van der Waals surface area (Å²) in [7, 11) is 0. The first-order valence-corrected chi connectivity index (χ1v) is 11.7. The molecule has 0 amide bonds. The third-order valence-corrected chi connectivity index (χ3v) is 10.0. The van der Waals surface area contributed by atoms with E-state index in [4.69, 9.17) is 0 Å². The van der Waals surface area contributed by atoms with Crippen LogP contribution >= 0.6 is 0 Å². The summed E-state index contributed by atoms with van der Waals surface area (Å²) >= 11 is 0. The van der Waals surface area contributed by atoms with Gasteiger partial charge in [-0.3, -0.25) is 0 Å². The highest BCUT2D eigenvalue weighted by Gasteiger charge is 2.75. The van der Waals surface area contributed by atoms with Crippen LogP contribution in [0.4, 0.5) is 0 Å². The fourth-order valence-electron chi connectivity index (χ4n) is 8.76. The topological polar surface area (TPSA) is 0 Å². The maximum Gasteiger partial charge on any atom is -0.0187 e. The SMILES string of the molecule is CCCC1CC1C1C(C)C1C1C(C)C(CCC)(C(C)C)C1(C)C(C)C. The summed E-state index contributed by atoms with van der Waals surface area (Å²) in [6, 6.07) is 0. The lowest BCUT2D eigenvalue weighted by molar-refractivity contribution is -0.256. The van der Waals surface area contributed by atoms with Gasteiger partial charge in [-0.15, -0.1) is 0 Å². The highest BCUT2D eigenvalue weighted by atomic mass is 14.8. The van der Waals surface area contributed by atoms with E-state index in [-0.39, 0.29) is 0 Å². The number of hydrogen-bond donors (Lipinski definition) is 0. The summed E-state index contributed by atoms with van der Waals surface area (Å²) < 4.78 is 0. The van der Waals surface area contributed by atoms with Crippen molar-refractivity contribution in [3.8, 4) is 0 Å². The summed E-state index contributed by atoms with van der Waals surface area (Å²) in [5.74, 6) is 8.83. The molecule has 3 rings (SSSR count). The van der Waals surface area contributed by atoms with Crippen LogP contribution in [0.1, 0.15) is 94.4 Å². The molecule has 3 aliphatic rings. The molecule has 0 bridgehead atoms. The zero-order valence-corrected chi connectivity index (χ0v) is 18.7. The van der Waals surface area contributed by atoms with E-state index in [1.807, 2.05) is 0 Å². The van der Waals surface area contributed by atoms with E-state index in [2.05, 4.69) is 62.3 Å². The maximum absolute atomic E-state index is 2.70. The summed E-state index contributed by atoms with van der Waals surface area (Å²) in [4.78, 5) is 0. The predicted molar refractivity (Wildman–Crippen MR) is 110 cm³/mol. The first-order valence-electron chi connectivity index (χ1n) is 11.7. The summed E-state index contributed by atoms with van der Waals surface area (Å²) in [5.41, 5.74) is 1.11. The van der Waals surface area contributed by atoms with Crippen molar-refractivity contribution in [1.82, 2.24) is 0 Å². The Morgan fingerprint density at radius 3 is 2.04 bits per heavy atom. The molecule has 0 heterocycles. The Balaban J connectivity index is 1.83. The molecule has 0 aromatic heterocycles. The van der Waals surface area contributed by atoms with Crippen LogP contribution in [-0.4, -0.2) is 0 Å². The zero-order valence-electron chi connectivity index (χ0n) is 18.7. The van der Waals surface area contributed by atoms with E-state index in [0.29, 0.717) is 10.8 Å². The first kappa shape index (κ1) is 19.8. The molecule has 3 saturated carbocycles. The van der Waals surface area contributed by atoms with Crippen molar-refractivity contribution in [2.45, 2.75) is 94.4 Å². The molecule has 0 heteroatoms. The van der Waals surface area contributed by atoms with Gasteiger partial charge >= 0.3 is 0 Å². The van der Waals surface area contributed by atoms with Gasteiger partial charge in [-0.2, -0.15) is 0 Å². The van der Waals surface area contributed by atoms with Crippen molar-refractivity contribution in [2.24, 2.45) is 64.1 Å². The third-order valence-electron chi connectivity index (χ3n) is 10.0. The van der Waals surface area contributed by atoms with Gasteiger partial charge in [0.25, 0.3) is 0 Å². The second-order valence-corrected chi connectivity index (χ2v) is 11.2. The van der Waals surface area contributed by atoms with E-state index < -0.39 is 0 Å². The Morgan fingerprint density at radius 2 is 1.56 bits per heavy atom. The number of rotatable bonds is 8. The molecule has 25 heavy (non-hydrogen) atoms. The van der Waals surface area contributed by atoms with Crippen molar-refractivity contribution < 1.29 is 0 Å². The molecule has 0 spiro atoms. The van der Waals surface area contributed by atoms with Crippen LogP contribution in [0.25, 0.3) is 0 Å². The van der Waals surface area contributed by atoms with Gasteiger partial charge in [0.2, 0.25) is 0 Å². The Bertz CT molecular complexity index is 476. The molecule has 9 atom stereocenters. The zero-order chi connectivity index (χ0) is 18.7. The quantitative estimate of drug-likeness (QED) is 0.423. The summed E-state index contributed by atoms with van der Waals surface area (Å²) in [5, 5.41) is 0. The molecule has 3 aliphatic carbocycles. The molecule has 9 unspecified atom stereocenters. The second-order valence-electron chi connectivity index (χ2n) is 11.2. The molecular formula is C25H46. The molecule has 0 aromatic carbocycles. The van der Waals surface area contributed by atoms with Crippen molar-refractivity contribution in [3.63, 3.8) is 0 Å². The third kappa shape index (κ3) is 2.51. The van der Waals surface area contributed by atoms with E-state index in [0.717, 1.165) is 53.3 Å². The van der Waals surface area contributed by atoms with Crippen LogP contribution in [-0.2, 0) is 0 Å². The van der Waals surface area contributed by atoms with E-state index in [1.165, 1.54) is 25.7 Å². The standard InChI is InChI=1S/C25H46/c1-10-12-19-14-20(19)21-17(7)22(21)23-18(8)25(13-11-2,16(5)6)24(23,9)15(3)4/h15-23H,10-14H2,1-9H3. The number of hydrogen-bond acceptors (Lipinski definition) is 0. The van der Waals surface area contributed by atoms with Crippen LogP contribution in [0, 0.1) is 64.1 Å². The molecule has 146 valence electrons. The van der Waals surface area contributed by atoms with Gasteiger partial charge in [0.15, 0.2) is 0 Å². The molecule has 0 N–H and O–H groups in total. The molecule has 0 nitrogen and oxygen atoms in total. The average molecular weight is 347 g/mol. The van der Waals surface area contributed by atoms with Gasteiger partial charge in [0, 0.05) is 0 Å². The van der Waals surface area contributed by atoms with Crippen LogP contribution in [0.2, 0.25) is 0 Å². The predicted octanol–water partition coefficient (Wildman–Crippen LogP) is 7.68. The first-order chi connectivity index (χ1) is 11.7. The van der Waals surface area contributed by atoms with Crippen LogP contribution in [0.3, 0.4) is 0 Å².